The maximum absolute atomic E-state index is 11.7. The maximum Gasteiger partial charge on any atom is 0.358 e. The van der Waals surface area contributed by atoms with E-state index in [1.54, 1.807) is 35.2 Å². The molecule has 2 rings (SSSR count). The predicted octanol–water partition coefficient (Wildman–Crippen LogP) is 1.67. The Kier molecular flexibility index (Phi) is 5.14. The van der Waals surface area contributed by atoms with Crippen LogP contribution in [0.2, 0.25) is 0 Å². The zero-order valence-corrected chi connectivity index (χ0v) is 13.1. The van der Waals surface area contributed by atoms with Crippen molar-refractivity contribution in [3.8, 4) is 0 Å². The lowest BCUT2D eigenvalue weighted by Gasteiger charge is -2.06. The Morgan fingerprint density at radius 2 is 2.26 bits per heavy atom. The average Bonchev–Trinajstić information content (AvgIpc) is 3.01. The summed E-state index contributed by atoms with van der Waals surface area (Å²) < 4.78 is 1.75. The molecule has 0 radical (unpaired) electrons. The number of nitrogens with two attached hydrogens (primary N) is 2. The van der Waals surface area contributed by atoms with Gasteiger partial charge in [-0.1, -0.05) is 17.3 Å². The monoisotopic (exact) mass is 313 g/mol. The SMILES string of the molecule is CCn1cc(/C=C/C(=O)O/N=C(\N)c2cccc(N)c2C)cn1. The van der Waals surface area contributed by atoms with Crippen molar-refractivity contribution in [3.05, 3.63) is 53.4 Å². The highest BCUT2D eigenvalue weighted by atomic mass is 16.7. The highest BCUT2D eigenvalue weighted by Gasteiger charge is 2.06. The van der Waals surface area contributed by atoms with E-state index in [0.717, 1.165) is 17.7 Å². The van der Waals surface area contributed by atoms with Crippen molar-refractivity contribution >= 4 is 23.6 Å². The molecule has 0 aliphatic carbocycles. The second-order valence-electron chi connectivity index (χ2n) is 4.87. The topological polar surface area (TPSA) is 109 Å². The van der Waals surface area contributed by atoms with E-state index >= 15 is 0 Å². The minimum atomic E-state index is -0.626. The van der Waals surface area contributed by atoms with E-state index < -0.39 is 5.97 Å². The number of nitrogens with zero attached hydrogens (tertiary/aromatic N) is 3. The summed E-state index contributed by atoms with van der Waals surface area (Å²) in [6, 6.07) is 5.28. The van der Waals surface area contributed by atoms with Gasteiger partial charge in [-0.05, 0) is 31.6 Å². The number of amidine groups is 1. The molecule has 0 amide bonds. The van der Waals surface area contributed by atoms with Crippen molar-refractivity contribution in [2.75, 3.05) is 5.73 Å². The molecule has 0 aliphatic heterocycles. The highest BCUT2D eigenvalue weighted by molar-refractivity contribution is 6.00. The zero-order chi connectivity index (χ0) is 16.8. The van der Waals surface area contributed by atoms with Gasteiger partial charge in [0.25, 0.3) is 0 Å². The fourth-order valence-corrected chi connectivity index (χ4v) is 1.91. The first-order chi connectivity index (χ1) is 11.0. The molecular weight excluding hydrogens is 294 g/mol. The van der Waals surface area contributed by atoms with Crippen LogP contribution in [0.1, 0.15) is 23.6 Å². The largest absolute Gasteiger partial charge is 0.398 e. The second-order valence-corrected chi connectivity index (χ2v) is 4.87. The molecule has 0 saturated heterocycles. The number of aryl methyl sites for hydroxylation is 1. The Hall–Kier alpha value is -3.09. The van der Waals surface area contributed by atoms with Crippen LogP contribution < -0.4 is 11.5 Å². The number of rotatable bonds is 5. The van der Waals surface area contributed by atoms with Crippen LogP contribution in [0, 0.1) is 6.92 Å². The summed E-state index contributed by atoms with van der Waals surface area (Å²) in [6.45, 7) is 4.56. The van der Waals surface area contributed by atoms with Crippen molar-refractivity contribution < 1.29 is 9.63 Å². The minimum absolute atomic E-state index is 0.0929. The molecule has 1 aromatic heterocycles. The highest BCUT2D eigenvalue weighted by Crippen LogP contribution is 2.15. The normalized spacial score (nSPS) is 11.8. The Bertz CT molecular complexity index is 762. The number of nitrogen functional groups attached to an aromatic ring is 1. The number of aromatic nitrogens is 2. The number of hydrogen-bond acceptors (Lipinski definition) is 5. The van der Waals surface area contributed by atoms with Crippen LogP contribution in [0.5, 0.6) is 0 Å². The molecular formula is C16H19N5O2. The molecule has 4 N–H and O–H groups in total. The zero-order valence-electron chi connectivity index (χ0n) is 13.1. The van der Waals surface area contributed by atoms with Gasteiger partial charge in [-0.2, -0.15) is 5.10 Å². The quantitative estimate of drug-likeness (QED) is 0.218. The van der Waals surface area contributed by atoms with Crippen LogP contribution >= 0.6 is 0 Å². The molecule has 0 bridgehead atoms. The Morgan fingerprint density at radius 1 is 1.48 bits per heavy atom. The first-order valence-corrected chi connectivity index (χ1v) is 7.11. The molecule has 7 nitrogen and oxygen atoms in total. The van der Waals surface area contributed by atoms with Crippen molar-refractivity contribution in [2.24, 2.45) is 10.9 Å². The van der Waals surface area contributed by atoms with Gasteiger partial charge in [0.05, 0.1) is 6.20 Å². The number of hydrogen-bond donors (Lipinski definition) is 2. The number of oxime groups is 1. The fraction of sp³-hybridized carbons (Fsp3) is 0.188. The molecule has 0 atom stereocenters. The smallest absolute Gasteiger partial charge is 0.358 e. The van der Waals surface area contributed by atoms with Gasteiger partial charge in [-0.3, -0.25) is 4.68 Å². The molecule has 1 heterocycles. The van der Waals surface area contributed by atoms with Gasteiger partial charge >= 0.3 is 5.97 Å². The van der Waals surface area contributed by atoms with Crippen molar-refractivity contribution in [2.45, 2.75) is 20.4 Å². The molecule has 0 spiro atoms. The summed E-state index contributed by atoms with van der Waals surface area (Å²) in [5, 5.41) is 7.75. The summed E-state index contributed by atoms with van der Waals surface area (Å²) in [6.07, 6.45) is 6.33. The van der Waals surface area contributed by atoms with E-state index in [1.807, 2.05) is 20.0 Å². The lowest BCUT2D eigenvalue weighted by atomic mass is 10.1. The lowest BCUT2D eigenvalue weighted by Crippen LogP contribution is -2.16. The number of carbonyl (C=O) groups excluding carboxylic acids is 1. The second kappa shape index (κ2) is 7.26. The van der Waals surface area contributed by atoms with Crippen LogP contribution in [0.25, 0.3) is 6.08 Å². The van der Waals surface area contributed by atoms with Crippen molar-refractivity contribution in [3.63, 3.8) is 0 Å². The number of carbonyl (C=O) groups is 1. The molecule has 23 heavy (non-hydrogen) atoms. The Labute approximate surface area is 134 Å². The summed E-state index contributed by atoms with van der Waals surface area (Å²) in [7, 11) is 0. The average molecular weight is 313 g/mol. The fourth-order valence-electron chi connectivity index (χ4n) is 1.91. The molecule has 2 aromatic rings. The Balaban J connectivity index is 2.01. The maximum atomic E-state index is 11.7. The van der Waals surface area contributed by atoms with Crippen LogP contribution in [0.3, 0.4) is 0 Å². The van der Waals surface area contributed by atoms with Crippen LogP contribution in [0.4, 0.5) is 5.69 Å². The summed E-state index contributed by atoms with van der Waals surface area (Å²) in [4.78, 5) is 16.4. The third-order valence-corrected chi connectivity index (χ3v) is 3.27. The van der Waals surface area contributed by atoms with Crippen LogP contribution in [0.15, 0.2) is 41.8 Å². The lowest BCUT2D eigenvalue weighted by molar-refractivity contribution is -0.137. The van der Waals surface area contributed by atoms with E-state index in [2.05, 4.69) is 10.3 Å². The van der Waals surface area contributed by atoms with E-state index in [1.165, 1.54) is 6.08 Å². The third kappa shape index (κ3) is 4.19. The van der Waals surface area contributed by atoms with Crippen molar-refractivity contribution in [1.82, 2.24) is 9.78 Å². The van der Waals surface area contributed by atoms with Gasteiger partial charge in [0.15, 0.2) is 5.84 Å². The first-order valence-electron chi connectivity index (χ1n) is 7.11. The van der Waals surface area contributed by atoms with E-state index in [4.69, 9.17) is 16.3 Å². The molecule has 1 aromatic carbocycles. The van der Waals surface area contributed by atoms with Crippen molar-refractivity contribution in [1.29, 1.82) is 0 Å². The van der Waals surface area contributed by atoms with Gasteiger partial charge in [0.1, 0.15) is 0 Å². The predicted molar refractivity (Wildman–Crippen MR) is 89.3 cm³/mol. The molecule has 0 unspecified atom stereocenters. The number of anilines is 1. The standard InChI is InChI=1S/C16H19N5O2/c1-3-21-10-12(9-19-21)7-8-15(22)23-20-16(18)13-5-4-6-14(17)11(13)2/h4-10H,3,17H2,1-2H3,(H2,18,20)/b8-7+. The van der Waals surface area contributed by atoms with E-state index in [9.17, 15) is 4.79 Å². The third-order valence-electron chi connectivity index (χ3n) is 3.27. The van der Waals surface area contributed by atoms with Gasteiger partial charge in [0.2, 0.25) is 0 Å². The van der Waals surface area contributed by atoms with Gasteiger partial charge in [0, 0.05) is 35.6 Å². The molecule has 0 aliphatic rings. The van der Waals surface area contributed by atoms with Crippen LogP contribution in [-0.2, 0) is 16.2 Å². The molecule has 0 fully saturated rings. The molecule has 7 heteroatoms. The minimum Gasteiger partial charge on any atom is -0.398 e. The van der Waals surface area contributed by atoms with Gasteiger partial charge < -0.3 is 16.3 Å². The first kappa shape index (κ1) is 16.3. The number of benzene rings is 1. The molecule has 0 saturated carbocycles. The van der Waals surface area contributed by atoms with Crippen LogP contribution in [-0.4, -0.2) is 21.6 Å². The summed E-state index contributed by atoms with van der Waals surface area (Å²) in [5.41, 5.74) is 14.4. The molecule has 120 valence electrons. The Morgan fingerprint density at radius 3 is 2.96 bits per heavy atom. The summed E-state index contributed by atoms with van der Waals surface area (Å²) in [5.74, 6) is -0.533. The summed E-state index contributed by atoms with van der Waals surface area (Å²) >= 11 is 0. The van der Waals surface area contributed by atoms with E-state index in [0.29, 0.717) is 11.3 Å². The van der Waals surface area contributed by atoms with E-state index in [-0.39, 0.29) is 5.84 Å². The van der Waals surface area contributed by atoms with Gasteiger partial charge in [-0.15, -0.1) is 0 Å². The van der Waals surface area contributed by atoms with Gasteiger partial charge in [-0.25, -0.2) is 4.79 Å².